The van der Waals surface area contributed by atoms with E-state index in [1.807, 2.05) is 31.2 Å². The number of hydrogen-bond donors (Lipinski definition) is 2. The Bertz CT molecular complexity index is 618. The van der Waals surface area contributed by atoms with Gasteiger partial charge in [-0.3, -0.25) is 9.89 Å². The lowest BCUT2D eigenvalue weighted by Gasteiger charge is -2.33. The summed E-state index contributed by atoms with van der Waals surface area (Å²) in [4.78, 5) is 6.79. The second kappa shape index (κ2) is 12.5. The van der Waals surface area contributed by atoms with Crippen molar-refractivity contribution in [1.82, 2.24) is 15.5 Å². The van der Waals surface area contributed by atoms with E-state index in [-0.39, 0.29) is 30.1 Å². The van der Waals surface area contributed by atoms with Gasteiger partial charge in [-0.05, 0) is 38.8 Å². The largest absolute Gasteiger partial charge is 0.487 e. The Morgan fingerprint density at radius 3 is 2.63 bits per heavy atom. The van der Waals surface area contributed by atoms with E-state index in [0.29, 0.717) is 23.4 Å². The molecule has 152 valence electrons. The monoisotopic (exact) mass is 506 g/mol. The Morgan fingerprint density at radius 1 is 1.37 bits per heavy atom. The van der Waals surface area contributed by atoms with Gasteiger partial charge in [0.2, 0.25) is 0 Å². The number of hydrogen-bond acceptors (Lipinski definition) is 3. The zero-order valence-electron chi connectivity index (χ0n) is 16.5. The maximum absolute atomic E-state index is 6.14. The molecule has 0 radical (unpaired) electrons. The molecule has 1 unspecified atom stereocenters. The molecule has 1 atom stereocenters. The highest BCUT2D eigenvalue weighted by Crippen LogP contribution is 2.24. The molecule has 0 saturated carbocycles. The zero-order valence-corrected chi connectivity index (χ0v) is 19.6. The molecular formula is C20H32ClIN4O. The number of likely N-dealkylation sites (tertiary alicyclic amines) is 1. The third-order valence-electron chi connectivity index (χ3n) is 4.37. The second-order valence-electron chi connectivity index (χ2n) is 6.96. The maximum Gasteiger partial charge on any atom is 0.191 e. The predicted molar refractivity (Wildman–Crippen MR) is 126 cm³/mol. The van der Waals surface area contributed by atoms with E-state index < -0.39 is 0 Å². The first kappa shape index (κ1) is 24.0. The van der Waals surface area contributed by atoms with Crippen molar-refractivity contribution < 1.29 is 4.74 Å². The van der Waals surface area contributed by atoms with Crippen molar-refractivity contribution in [1.29, 1.82) is 0 Å². The van der Waals surface area contributed by atoms with Gasteiger partial charge in [0.25, 0.3) is 0 Å². The van der Waals surface area contributed by atoms with Crippen LogP contribution in [0.4, 0.5) is 0 Å². The highest BCUT2D eigenvalue weighted by Gasteiger charge is 2.20. The number of nitrogens with zero attached hydrogens (tertiary/aromatic N) is 2. The summed E-state index contributed by atoms with van der Waals surface area (Å²) < 4.78 is 5.89. The van der Waals surface area contributed by atoms with Gasteiger partial charge in [0.05, 0.1) is 11.6 Å². The van der Waals surface area contributed by atoms with Gasteiger partial charge in [0, 0.05) is 32.7 Å². The Morgan fingerprint density at radius 2 is 2.04 bits per heavy atom. The van der Waals surface area contributed by atoms with E-state index in [1.165, 1.54) is 5.57 Å². The minimum absolute atomic E-state index is 0. The molecule has 1 aliphatic heterocycles. The van der Waals surface area contributed by atoms with Crippen molar-refractivity contribution in [3.63, 3.8) is 0 Å². The van der Waals surface area contributed by atoms with Crippen molar-refractivity contribution in [2.24, 2.45) is 4.99 Å². The average molecular weight is 507 g/mol. The average Bonchev–Trinajstić information content (AvgIpc) is 2.61. The fourth-order valence-electron chi connectivity index (χ4n) is 3.04. The molecule has 2 N–H and O–H groups in total. The number of ether oxygens (including phenoxy) is 1. The van der Waals surface area contributed by atoms with Crippen LogP contribution in [0, 0.1) is 0 Å². The van der Waals surface area contributed by atoms with Crippen LogP contribution in [0.1, 0.15) is 26.7 Å². The molecule has 5 nitrogen and oxygen atoms in total. The summed E-state index contributed by atoms with van der Waals surface area (Å²) in [5.74, 6) is 1.52. The van der Waals surface area contributed by atoms with Crippen molar-refractivity contribution in [3.05, 3.63) is 41.4 Å². The number of rotatable bonds is 7. The summed E-state index contributed by atoms with van der Waals surface area (Å²) in [7, 11) is 1.80. The van der Waals surface area contributed by atoms with Gasteiger partial charge in [0.15, 0.2) is 5.96 Å². The number of piperidine rings is 1. The van der Waals surface area contributed by atoms with Crippen molar-refractivity contribution >= 4 is 41.5 Å². The van der Waals surface area contributed by atoms with Crippen molar-refractivity contribution in [2.75, 3.05) is 33.2 Å². The first-order chi connectivity index (χ1) is 12.5. The standard InChI is InChI=1S/C20H31ClN4O.HI/c1-15(2)14-25-11-9-17(10-12-25)24-20(22-4)23-13-16(3)26-19-8-6-5-7-18(19)21;/h5-8,16-17H,1,9-14H2,2-4H3,(H2,22,23,24);1H. The third kappa shape index (κ3) is 8.70. The van der Waals surface area contributed by atoms with Gasteiger partial charge in [-0.15, -0.1) is 24.0 Å². The molecule has 1 fully saturated rings. The summed E-state index contributed by atoms with van der Waals surface area (Å²) in [5.41, 5.74) is 1.22. The van der Waals surface area contributed by atoms with Crippen LogP contribution < -0.4 is 15.4 Å². The molecule has 1 aromatic carbocycles. The second-order valence-corrected chi connectivity index (χ2v) is 7.37. The number of guanidine groups is 1. The number of benzene rings is 1. The van der Waals surface area contributed by atoms with Crippen LogP contribution in [0.25, 0.3) is 0 Å². The molecule has 0 aromatic heterocycles. The molecular weight excluding hydrogens is 475 g/mol. The number of aliphatic imine (C=N–C) groups is 1. The van der Waals surface area contributed by atoms with Crippen LogP contribution >= 0.6 is 35.6 Å². The first-order valence-corrected chi connectivity index (χ1v) is 9.61. The zero-order chi connectivity index (χ0) is 18.9. The molecule has 0 spiro atoms. The van der Waals surface area contributed by atoms with E-state index in [2.05, 4.69) is 34.0 Å². The molecule has 1 heterocycles. The van der Waals surface area contributed by atoms with Crippen LogP contribution in [-0.2, 0) is 0 Å². The van der Waals surface area contributed by atoms with Crippen molar-refractivity contribution in [3.8, 4) is 5.75 Å². The third-order valence-corrected chi connectivity index (χ3v) is 4.68. The summed E-state index contributed by atoms with van der Waals surface area (Å²) in [6, 6.07) is 7.97. The van der Waals surface area contributed by atoms with E-state index >= 15 is 0 Å². The van der Waals surface area contributed by atoms with E-state index in [1.54, 1.807) is 7.05 Å². The Labute approximate surface area is 185 Å². The molecule has 0 bridgehead atoms. The van der Waals surface area contributed by atoms with Crippen LogP contribution in [0.5, 0.6) is 5.75 Å². The van der Waals surface area contributed by atoms with E-state index in [9.17, 15) is 0 Å². The number of para-hydroxylation sites is 1. The topological polar surface area (TPSA) is 48.9 Å². The Hall–Kier alpha value is -0.990. The lowest BCUT2D eigenvalue weighted by atomic mass is 10.0. The highest BCUT2D eigenvalue weighted by molar-refractivity contribution is 14.0. The van der Waals surface area contributed by atoms with Gasteiger partial charge in [0.1, 0.15) is 11.9 Å². The number of halogens is 2. The summed E-state index contributed by atoms with van der Waals surface area (Å²) in [6.45, 7) is 11.9. The van der Waals surface area contributed by atoms with Gasteiger partial charge in [-0.2, -0.15) is 0 Å². The summed E-state index contributed by atoms with van der Waals surface area (Å²) >= 11 is 6.14. The molecule has 1 saturated heterocycles. The minimum Gasteiger partial charge on any atom is -0.487 e. The predicted octanol–water partition coefficient (Wildman–Crippen LogP) is 3.93. The smallest absolute Gasteiger partial charge is 0.191 e. The molecule has 0 amide bonds. The van der Waals surface area contributed by atoms with Crippen LogP contribution in [-0.4, -0.2) is 56.2 Å². The summed E-state index contributed by atoms with van der Waals surface area (Å²) in [5, 5.41) is 7.49. The van der Waals surface area contributed by atoms with Gasteiger partial charge >= 0.3 is 0 Å². The van der Waals surface area contributed by atoms with Gasteiger partial charge < -0.3 is 15.4 Å². The van der Waals surface area contributed by atoms with Gasteiger partial charge in [-0.1, -0.05) is 35.9 Å². The van der Waals surface area contributed by atoms with Crippen LogP contribution in [0.3, 0.4) is 0 Å². The fraction of sp³-hybridized carbons (Fsp3) is 0.550. The molecule has 27 heavy (non-hydrogen) atoms. The molecule has 1 aromatic rings. The van der Waals surface area contributed by atoms with Crippen LogP contribution in [0.2, 0.25) is 5.02 Å². The molecule has 0 aliphatic carbocycles. The Balaban J connectivity index is 0.00000364. The SMILES string of the molecule is C=C(C)CN1CCC(NC(=NC)NCC(C)Oc2ccccc2Cl)CC1.I. The quantitative estimate of drug-likeness (QED) is 0.255. The van der Waals surface area contributed by atoms with Crippen LogP contribution in [0.15, 0.2) is 41.4 Å². The lowest BCUT2D eigenvalue weighted by Crippen LogP contribution is -2.50. The lowest BCUT2D eigenvalue weighted by molar-refractivity contribution is 0.217. The first-order valence-electron chi connectivity index (χ1n) is 9.23. The van der Waals surface area contributed by atoms with Crippen molar-refractivity contribution in [2.45, 2.75) is 38.8 Å². The minimum atomic E-state index is -0.0223. The normalized spacial score (nSPS) is 17.0. The Kier molecular flexibility index (Phi) is 11.1. The maximum atomic E-state index is 6.14. The molecule has 7 heteroatoms. The molecule has 1 aliphatic rings. The van der Waals surface area contributed by atoms with Gasteiger partial charge in [-0.25, -0.2) is 0 Å². The fourth-order valence-corrected chi connectivity index (χ4v) is 3.22. The van der Waals surface area contributed by atoms with E-state index in [0.717, 1.165) is 38.4 Å². The highest BCUT2D eigenvalue weighted by atomic mass is 127. The molecule has 2 rings (SSSR count). The van der Waals surface area contributed by atoms with E-state index in [4.69, 9.17) is 16.3 Å². The number of nitrogens with one attached hydrogen (secondary N) is 2. The summed E-state index contributed by atoms with van der Waals surface area (Å²) in [6.07, 6.45) is 2.20.